The Morgan fingerprint density at radius 3 is 2.37 bits per heavy atom. The summed E-state index contributed by atoms with van der Waals surface area (Å²) in [5.41, 5.74) is 0.00326. The first-order valence-corrected chi connectivity index (χ1v) is 8.52. The van der Waals surface area contributed by atoms with Crippen LogP contribution in [0, 0.1) is 0 Å². The van der Waals surface area contributed by atoms with Crippen molar-refractivity contribution in [3.8, 4) is 17.2 Å². The van der Waals surface area contributed by atoms with Crippen LogP contribution in [0.5, 0.6) is 17.2 Å². The van der Waals surface area contributed by atoms with Crippen molar-refractivity contribution in [1.82, 2.24) is 9.88 Å². The van der Waals surface area contributed by atoms with E-state index in [2.05, 4.69) is 9.88 Å². The number of pyridine rings is 1. The van der Waals surface area contributed by atoms with Gasteiger partial charge in [0.25, 0.3) is 0 Å². The number of ether oxygens (including phenoxy) is 2. The van der Waals surface area contributed by atoms with Crippen LogP contribution in [0.15, 0.2) is 30.5 Å². The molecule has 1 aromatic heterocycles. The second-order valence-corrected chi connectivity index (χ2v) is 6.50. The summed E-state index contributed by atoms with van der Waals surface area (Å²) in [7, 11) is 0. The van der Waals surface area contributed by atoms with Crippen molar-refractivity contribution >= 4 is 5.82 Å². The van der Waals surface area contributed by atoms with Crippen LogP contribution in [0.2, 0.25) is 0 Å². The molecule has 4 rings (SSSR count). The van der Waals surface area contributed by atoms with Crippen molar-refractivity contribution < 1.29 is 27.8 Å². The van der Waals surface area contributed by atoms with Gasteiger partial charge >= 0.3 is 6.18 Å². The number of rotatable bonds is 3. The van der Waals surface area contributed by atoms with Gasteiger partial charge in [-0.25, -0.2) is 4.98 Å². The van der Waals surface area contributed by atoms with Gasteiger partial charge in [0.1, 0.15) is 11.6 Å². The van der Waals surface area contributed by atoms with Crippen molar-refractivity contribution in [3.63, 3.8) is 0 Å². The largest absolute Gasteiger partial charge is 0.507 e. The first kappa shape index (κ1) is 17.7. The number of nitrogens with zero attached hydrogens (tertiary/aromatic N) is 3. The second kappa shape index (κ2) is 6.80. The Labute approximate surface area is 153 Å². The number of anilines is 1. The number of hydrogen-bond acceptors (Lipinski definition) is 6. The second-order valence-electron chi connectivity index (χ2n) is 6.50. The Morgan fingerprint density at radius 1 is 1.04 bits per heavy atom. The maximum atomic E-state index is 12.6. The highest BCUT2D eigenvalue weighted by Crippen LogP contribution is 2.38. The minimum atomic E-state index is -4.38. The number of aromatic hydroxyl groups is 1. The average molecular weight is 381 g/mol. The van der Waals surface area contributed by atoms with Crippen LogP contribution in [-0.2, 0) is 12.7 Å². The first-order valence-electron chi connectivity index (χ1n) is 8.52. The Morgan fingerprint density at radius 2 is 1.74 bits per heavy atom. The Hall–Kier alpha value is -2.68. The van der Waals surface area contributed by atoms with E-state index in [1.807, 2.05) is 4.90 Å². The van der Waals surface area contributed by atoms with Crippen LogP contribution >= 0.6 is 0 Å². The third kappa shape index (κ3) is 3.73. The van der Waals surface area contributed by atoms with Crippen molar-refractivity contribution in [2.75, 3.05) is 37.9 Å². The molecule has 1 fully saturated rings. The topological polar surface area (TPSA) is 58.1 Å². The quantitative estimate of drug-likeness (QED) is 0.883. The van der Waals surface area contributed by atoms with E-state index in [-0.39, 0.29) is 12.5 Å². The van der Waals surface area contributed by atoms with Crippen molar-refractivity contribution in [2.45, 2.75) is 12.7 Å². The molecule has 9 heteroatoms. The average Bonchev–Trinajstić information content (AvgIpc) is 3.09. The van der Waals surface area contributed by atoms with Crippen LogP contribution < -0.4 is 14.4 Å². The van der Waals surface area contributed by atoms with E-state index in [1.165, 1.54) is 6.07 Å². The molecule has 2 aliphatic rings. The number of aromatic nitrogens is 1. The summed E-state index contributed by atoms with van der Waals surface area (Å²) in [6, 6.07) is 5.79. The lowest BCUT2D eigenvalue weighted by molar-refractivity contribution is -0.137. The summed E-state index contributed by atoms with van der Waals surface area (Å²) in [5.74, 6) is 1.85. The monoisotopic (exact) mass is 381 g/mol. The van der Waals surface area contributed by atoms with Crippen LogP contribution in [0.3, 0.4) is 0 Å². The van der Waals surface area contributed by atoms with Gasteiger partial charge in [-0.15, -0.1) is 0 Å². The van der Waals surface area contributed by atoms with E-state index >= 15 is 0 Å². The number of benzene rings is 1. The third-order valence-corrected chi connectivity index (χ3v) is 4.74. The van der Waals surface area contributed by atoms with Crippen molar-refractivity contribution in [1.29, 1.82) is 0 Å². The fourth-order valence-corrected chi connectivity index (χ4v) is 3.22. The van der Waals surface area contributed by atoms with Crippen LogP contribution in [-0.4, -0.2) is 48.0 Å². The highest BCUT2D eigenvalue weighted by Gasteiger charge is 2.31. The Bertz CT molecular complexity index is 819. The standard InChI is InChI=1S/C18H18F3N3O3/c19-18(20,21)13-1-2-17(22-9-13)24-5-3-23(4-6-24)10-12-7-15-16(8-14(12)25)27-11-26-15/h1-2,7-9,25H,3-6,10-11H2. The zero-order valence-corrected chi connectivity index (χ0v) is 14.4. The fraction of sp³-hybridized carbons (Fsp3) is 0.389. The molecule has 6 nitrogen and oxygen atoms in total. The Balaban J connectivity index is 1.37. The summed E-state index contributed by atoms with van der Waals surface area (Å²) in [4.78, 5) is 8.07. The number of fused-ring (bicyclic) bond motifs is 1. The number of halogens is 3. The lowest BCUT2D eigenvalue weighted by Crippen LogP contribution is -2.46. The molecule has 0 bridgehead atoms. The molecule has 0 radical (unpaired) electrons. The summed E-state index contributed by atoms with van der Waals surface area (Å²) in [5, 5.41) is 10.2. The molecule has 0 amide bonds. The molecule has 1 aromatic carbocycles. The van der Waals surface area contributed by atoms with Crippen LogP contribution in [0.25, 0.3) is 0 Å². The smallest absolute Gasteiger partial charge is 0.417 e. The normalized spacial score (nSPS) is 17.4. The van der Waals surface area contributed by atoms with Gasteiger partial charge in [-0.2, -0.15) is 13.2 Å². The molecule has 0 atom stereocenters. The molecule has 1 N–H and O–H groups in total. The molecule has 0 unspecified atom stereocenters. The molecule has 144 valence electrons. The molecule has 2 aliphatic heterocycles. The fourth-order valence-electron chi connectivity index (χ4n) is 3.22. The first-order chi connectivity index (χ1) is 12.9. The molecule has 0 aliphatic carbocycles. The molecular formula is C18H18F3N3O3. The van der Waals surface area contributed by atoms with Gasteiger partial charge in [-0.05, 0) is 18.2 Å². The highest BCUT2D eigenvalue weighted by atomic mass is 19.4. The number of hydrogen-bond donors (Lipinski definition) is 1. The van der Waals surface area contributed by atoms with Gasteiger partial charge in [0, 0.05) is 50.6 Å². The van der Waals surface area contributed by atoms with Gasteiger partial charge in [0.15, 0.2) is 11.5 Å². The molecule has 2 aromatic rings. The lowest BCUT2D eigenvalue weighted by atomic mass is 10.1. The third-order valence-electron chi connectivity index (χ3n) is 4.74. The van der Waals surface area contributed by atoms with Gasteiger partial charge < -0.3 is 19.5 Å². The molecule has 0 spiro atoms. The van der Waals surface area contributed by atoms with Gasteiger partial charge in [-0.1, -0.05) is 0 Å². The summed E-state index contributed by atoms with van der Waals surface area (Å²) >= 11 is 0. The summed E-state index contributed by atoms with van der Waals surface area (Å²) < 4.78 is 48.5. The number of phenols is 1. The zero-order valence-electron chi connectivity index (χ0n) is 14.4. The van der Waals surface area contributed by atoms with Gasteiger partial charge in [0.05, 0.1) is 5.56 Å². The zero-order chi connectivity index (χ0) is 19.0. The summed E-state index contributed by atoms with van der Waals surface area (Å²) in [6.45, 7) is 3.40. The maximum Gasteiger partial charge on any atom is 0.417 e. The van der Waals surface area contributed by atoms with E-state index < -0.39 is 11.7 Å². The molecule has 27 heavy (non-hydrogen) atoms. The minimum absolute atomic E-state index is 0.150. The Kier molecular flexibility index (Phi) is 4.47. The van der Waals surface area contributed by atoms with E-state index in [1.54, 1.807) is 12.1 Å². The van der Waals surface area contributed by atoms with Crippen LogP contribution in [0.4, 0.5) is 19.0 Å². The van der Waals surface area contributed by atoms with Crippen LogP contribution in [0.1, 0.15) is 11.1 Å². The highest BCUT2D eigenvalue weighted by molar-refractivity contribution is 5.51. The SMILES string of the molecule is Oc1cc2c(cc1CN1CCN(c3ccc(C(F)(F)F)cn3)CC1)OCO2. The summed E-state index contributed by atoms with van der Waals surface area (Å²) in [6.07, 6.45) is -3.51. The number of alkyl halides is 3. The van der Waals surface area contributed by atoms with E-state index in [0.29, 0.717) is 50.0 Å². The van der Waals surface area contributed by atoms with E-state index in [0.717, 1.165) is 17.8 Å². The molecule has 1 saturated heterocycles. The van der Waals surface area contributed by atoms with Gasteiger partial charge in [-0.3, -0.25) is 4.90 Å². The molecular weight excluding hydrogens is 363 g/mol. The lowest BCUT2D eigenvalue weighted by Gasteiger charge is -2.35. The number of phenolic OH excluding ortho intramolecular Hbond substituents is 1. The van der Waals surface area contributed by atoms with Gasteiger partial charge in [0.2, 0.25) is 6.79 Å². The number of piperazine rings is 1. The van der Waals surface area contributed by atoms with E-state index in [9.17, 15) is 18.3 Å². The maximum absolute atomic E-state index is 12.6. The molecule has 0 saturated carbocycles. The van der Waals surface area contributed by atoms with Crippen molar-refractivity contribution in [2.24, 2.45) is 0 Å². The minimum Gasteiger partial charge on any atom is -0.507 e. The predicted molar refractivity (Wildman–Crippen MR) is 91.0 cm³/mol. The predicted octanol–water partition coefficient (Wildman–Crippen LogP) is 2.86. The molecule has 3 heterocycles. The van der Waals surface area contributed by atoms with E-state index in [4.69, 9.17) is 9.47 Å². The van der Waals surface area contributed by atoms with Crippen molar-refractivity contribution in [3.05, 3.63) is 41.6 Å².